The Morgan fingerprint density at radius 1 is 1.08 bits per heavy atom. The number of hydrogen-bond acceptors (Lipinski definition) is 2. The van der Waals surface area contributed by atoms with E-state index in [1.54, 1.807) is 12.1 Å². The first-order chi connectivity index (χ1) is 12.1. The molecule has 1 heterocycles. The molecule has 0 bridgehead atoms. The van der Waals surface area contributed by atoms with Crippen LogP contribution in [0.1, 0.15) is 31.2 Å². The molecule has 1 fully saturated rings. The fraction of sp³-hybridized carbons (Fsp3) is 0.300. The Morgan fingerprint density at radius 2 is 1.88 bits per heavy atom. The first kappa shape index (κ1) is 17.1. The monoisotopic (exact) mass is 340 g/mol. The van der Waals surface area contributed by atoms with E-state index in [1.165, 1.54) is 11.0 Å². The van der Waals surface area contributed by atoms with E-state index in [9.17, 15) is 14.0 Å². The van der Waals surface area contributed by atoms with Crippen molar-refractivity contribution in [3.05, 3.63) is 59.9 Å². The minimum absolute atomic E-state index is 0.0442. The zero-order chi connectivity index (χ0) is 17.6. The van der Waals surface area contributed by atoms with Crippen LogP contribution in [-0.4, -0.2) is 18.4 Å². The highest BCUT2D eigenvalue weighted by Crippen LogP contribution is 2.26. The molecule has 2 aromatic carbocycles. The van der Waals surface area contributed by atoms with Crippen molar-refractivity contribution in [2.45, 2.75) is 32.1 Å². The lowest BCUT2D eigenvalue weighted by Gasteiger charge is -2.21. The van der Waals surface area contributed by atoms with Gasteiger partial charge in [0.25, 0.3) is 0 Å². The van der Waals surface area contributed by atoms with Gasteiger partial charge in [-0.2, -0.15) is 0 Å². The van der Waals surface area contributed by atoms with Crippen molar-refractivity contribution < 1.29 is 14.0 Å². The Morgan fingerprint density at radius 3 is 2.64 bits per heavy atom. The molecule has 0 aliphatic carbocycles. The van der Waals surface area contributed by atoms with Crippen molar-refractivity contribution in [2.75, 3.05) is 16.8 Å². The van der Waals surface area contributed by atoms with Crippen LogP contribution in [0.3, 0.4) is 0 Å². The van der Waals surface area contributed by atoms with E-state index in [1.807, 2.05) is 30.3 Å². The maximum atomic E-state index is 14.5. The zero-order valence-electron chi connectivity index (χ0n) is 14.0. The van der Waals surface area contributed by atoms with Crippen molar-refractivity contribution in [1.29, 1.82) is 0 Å². The van der Waals surface area contributed by atoms with Crippen LogP contribution in [0.4, 0.5) is 15.8 Å². The van der Waals surface area contributed by atoms with Crippen molar-refractivity contribution in [2.24, 2.45) is 0 Å². The molecule has 5 heteroatoms. The number of benzene rings is 2. The van der Waals surface area contributed by atoms with Crippen molar-refractivity contribution >= 4 is 23.2 Å². The number of carbonyl (C=O) groups excluding carboxylic acids is 2. The second-order valence-electron chi connectivity index (χ2n) is 6.23. The van der Waals surface area contributed by atoms with Gasteiger partial charge < -0.3 is 10.2 Å². The Bertz CT molecular complexity index is 762. The lowest BCUT2D eigenvalue weighted by Crippen LogP contribution is -2.30. The smallest absolute Gasteiger partial charge is 0.228 e. The van der Waals surface area contributed by atoms with Crippen LogP contribution in [0.15, 0.2) is 48.5 Å². The normalized spacial score (nSPS) is 14.9. The van der Waals surface area contributed by atoms with E-state index in [0.717, 1.165) is 24.8 Å². The van der Waals surface area contributed by atoms with Crippen LogP contribution >= 0.6 is 0 Å². The van der Waals surface area contributed by atoms with Crippen LogP contribution in [0.5, 0.6) is 0 Å². The van der Waals surface area contributed by atoms with Gasteiger partial charge in [0.1, 0.15) is 5.82 Å². The summed E-state index contributed by atoms with van der Waals surface area (Å²) in [5.41, 5.74) is 1.57. The number of halogens is 1. The molecule has 1 N–H and O–H groups in total. The molecule has 3 rings (SSSR count). The van der Waals surface area contributed by atoms with E-state index in [0.29, 0.717) is 18.7 Å². The van der Waals surface area contributed by atoms with Gasteiger partial charge in [0.15, 0.2) is 0 Å². The largest absolute Gasteiger partial charge is 0.326 e. The van der Waals surface area contributed by atoms with Crippen LogP contribution in [0.25, 0.3) is 0 Å². The number of nitrogens with one attached hydrogen (secondary N) is 1. The summed E-state index contributed by atoms with van der Waals surface area (Å²) in [7, 11) is 0. The molecular weight excluding hydrogens is 319 g/mol. The van der Waals surface area contributed by atoms with Gasteiger partial charge in [-0.1, -0.05) is 36.8 Å². The highest BCUT2D eigenvalue weighted by molar-refractivity contribution is 5.95. The summed E-state index contributed by atoms with van der Waals surface area (Å²) >= 11 is 0. The molecule has 4 nitrogen and oxygen atoms in total. The van der Waals surface area contributed by atoms with Crippen LogP contribution in [0, 0.1) is 5.82 Å². The third-order valence-corrected chi connectivity index (χ3v) is 4.30. The maximum absolute atomic E-state index is 14.5. The standard InChI is InChI=1S/C20H21FN2O2/c21-17-14-16(22-19(24)13-15-7-3-1-4-8-15)10-11-18(17)23-12-6-2-5-9-20(23)25/h1,3-4,7-8,10-11,14H,2,5-6,9,12-13H2,(H,22,24). The second kappa shape index (κ2) is 7.92. The van der Waals surface area contributed by atoms with Gasteiger partial charge in [-0.15, -0.1) is 0 Å². The highest BCUT2D eigenvalue weighted by Gasteiger charge is 2.21. The number of anilines is 2. The Labute approximate surface area is 146 Å². The summed E-state index contributed by atoms with van der Waals surface area (Å²) in [5.74, 6) is -0.741. The number of nitrogens with zero attached hydrogens (tertiary/aromatic N) is 1. The van der Waals surface area contributed by atoms with Gasteiger partial charge in [-0.05, 0) is 36.6 Å². The van der Waals surface area contributed by atoms with Gasteiger partial charge in [-0.3, -0.25) is 9.59 Å². The summed E-state index contributed by atoms with van der Waals surface area (Å²) in [6.45, 7) is 0.537. The molecule has 0 spiro atoms. The average molecular weight is 340 g/mol. The van der Waals surface area contributed by atoms with E-state index in [4.69, 9.17) is 0 Å². The molecular formula is C20H21FN2O2. The summed E-state index contributed by atoms with van der Waals surface area (Å²) in [6, 6.07) is 13.8. The number of carbonyl (C=O) groups is 2. The lowest BCUT2D eigenvalue weighted by molar-refractivity contribution is -0.118. The quantitative estimate of drug-likeness (QED) is 0.917. The van der Waals surface area contributed by atoms with Gasteiger partial charge in [-0.25, -0.2) is 4.39 Å². The van der Waals surface area contributed by atoms with Crippen molar-refractivity contribution in [3.63, 3.8) is 0 Å². The first-order valence-corrected chi connectivity index (χ1v) is 8.57. The van der Waals surface area contributed by atoms with Gasteiger partial charge in [0, 0.05) is 18.7 Å². The molecule has 2 aromatic rings. The summed E-state index contributed by atoms with van der Waals surface area (Å²) in [4.78, 5) is 25.7. The maximum Gasteiger partial charge on any atom is 0.228 e. The number of hydrogen-bond donors (Lipinski definition) is 1. The Hall–Kier alpha value is -2.69. The molecule has 25 heavy (non-hydrogen) atoms. The molecule has 1 aliphatic rings. The van der Waals surface area contributed by atoms with E-state index >= 15 is 0 Å². The third kappa shape index (κ3) is 4.44. The van der Waals surface area contributed by atoms with Crippen molar-refractivity contribution in [1.82, 2.24) is 0 Å². The highest BCUT2D eigenvalue weighted by atomic mass is 19.1. The van der Waals surface area contributed by atoms with Crippen LogP contribution in [0.2, 0.25) is 0 Å². The van der Waals surface area contributed by atoms with Gasteiger partial charge >= 0.3 is 0 Å². The minimum atomic E-state index is -0.493. The Balaban J connectivity index is 1.69. The molecule has 130 valence electrons. The molecule has 1 saturated heterocycles. The second-order valence-corrected chi connectivity index (χ2v) is 6.23. The van der Waals surface area contributed by atoms with Gasteiger partial charge in [0.2, 0.25) is 11.8 Å². The number of amides is 2. The predicted octanol–water partition coefficient (Wildman–Crippen LogP) is 3.91. The zero-order valence-corrected chi connectivity index (χ0v) is 14.0. The fourth-order valence-electron chi connectivity index (χ4n) is 3.03. The summed E-state index contributed by atoms with van der Waals surface area (Å²) in [6.07, 6.45) is 3.40. The number of rotatable bonds is 4. The molecule has 0 aromatic heterocycles. The molecule has 0 radical (unpaired) electrons. The summed E-state index contributed by atoms with van der Waals surface area (Å²) < 4.78 is 14.5. The fourth-order valence-corrected chi connectivity index (χ4v) is 3.03. The third-order valence-electron chi connectivity index (χ3n) is 4.30. The van der Waals surface area contributed by atoms with Crippen LogP contribution < -0.4 is 10.2 Å². The average Bonchev–Trinajstić information content (AvgIpc) is 2.80. The van der Waals surface area contributed by atoms with E-state index < -0.39 is 5.82 Å². The molecule has 2 amide bonds. The minimum Gasteiger partial charge on any atom is -0.326 e. The topological polar surface area (TPSA) is 49.4 Å². The SMILES string of the molecule is O=C(Cc1ccccc1)Nc1ccc(N2CCCCCC2=O)c(F)c1. The van der Waals surface area contributed by atoms with Crippen LogP contribution in [-0.2, 0) is 16.0 Å². The molecule has 0 atom stereocenters. The van der Waals surface area contributed by atoms with E-state index in [-0.39, 0.29) is 23.9 Å². The molecule has 0 saturated carbocycles. The summed E-state index contributed by atoms with van der Waals surface area (Å²) in [5, 5.41) is 2.70. The molecule has 0 unspecified atom stereocenters. The van der Waals surface area contributed by atoms with Gasteiger partial charge in [0.05, 0.1) is 12.1 Å². The first-order valence-electron chi connectivity index (χ1n) is 8.57. The molecule has 1 aliphatic heterocycles. The lowest BCUT2D eigenvalue weighted by atomic mass is 10.1. The Kier molecular flexibility index (Phi) is 5.43. The van der Waals surface area contributed by atoms with Crippen molar-refractivity contribution in [3.8, 4) is 0 Å². The van der Waals surface area contributed by atoms with E-state index in [2.05, 4.69) is 5.32 Å². The predicted molar refractivity (Wildman–Crippen MR) is 96.0 cm³/mol.